The molecule has 0 aromatic heterocycles. The van der Waals surface area contributed by atoms with Crippen LogP contribution < -0.4 is 25.1 Å². The van der Waals surface area contributed by atoms with Gasteiger partial charge in [0.2, 0.25) is 0 Å². The molecule has 0 spiro atoms. The summed E-state index contributed by atoms with van der Waals surface area (Å²) in [4.78, 5) is 0. The van der Waals surface area contributed by atoms with Crippen LogP contribution in [0.25, 0.3) is 0 Å². The molecule has 0 aliphatic rings. The van der Waals surface area contributed by atoms with Crippen molar-refractivity contribution in [2.24, 2.45) is 0 Å². The Kier molecular flexibility index (Phi) is 76.5. The van der Waals surface area contributed by atoms with Gasteiger partial charge >= 0.3 is 85.0 Å². The molecule has 0 atom stereocenters. The van der Waals surface area contributed by atoms with Crippen LogP contribution >= 0.6 is 0 Å². The maximum absolute atomic E-state index is 8.53. The van der Waals surface area contributed by atoms with E-state index in [4.69, 9.17) is 75.4 Å². The van der Waals surface area contributed by atoms with E-state index in [1.807, 2.05) is 0 Å². The molecule has 125 valence electrons. The number of rotatable bonds is 0. The van der Waals surface area contributed by atoms with Crippen LogP contribution in [0.5, 0.6) is 0 Å². The van der Waals surface area contributed by atoms with Gasteiger partial charge in [-0.25, -0.2) is 0 Å². The summed E-state index contributed by atoms with van der Waals surface area (Å²) in [6.07, 6.45) is 0. The quantitative estimate of drug-likeness (QED) is 0.142. The first-order valence-corrected chi connectivity index (χ1v) is 3.76. The van der Waals surface area contributed by atoms with Crippen LogP contribution in [-0.4, -0.2) is 110 Å². The minimum absolute atomic E-state index is 0. The number of hydrogen-bond donors (Lipinski definition) is 10. The normalized spacial score (nSPS) is 6.14. The fourth-order valence-electron chi connectivity index (χ4n) is 0. The summed E-state index contributed by atoms with van der Waals surface area (Å²) in [5, 5.41) is 114. The van der Waals surface area contributed by atoms with E-state index in [-0.39, 0.29) is 63.0 Å². The Morgan fingerprint density at radius 3 is 0.455 bits per heavy atom. The van der Waals surface area contributed by atoms with Crippen LogP contribution in [-0.2, 0) is 0 Å². The van der Waals surface area contributed by atoms with Crippen LogP contribution in [0.3, 0.4) is 0 Å². The molecule has 0 aliphatic heterocycles. The largest absolute Gasteiger partial charge is 3.00 e. The van der Waals surface area contributed by atoms with E-state index >= 15 is 0 Å². The van der Waals surface area contributed by atoms with Crippen molar-refractivity contribution in [2.75, 3.05) is 0 Å². The summed E-state index contributed by atoms with van der Waals surface area (Å²) in [6, 6.07) is 0. The second-order valence-electron chi connectivity index (χ2n) is 1.63. The molecular weight excluding hydrogens is 476 g/mol. The van der Waals surface area contributed by atoms with Crippen LogP contribution in [0, 0.1) is 39.9 Å². The van der Waals surface area contributed by atoms with E-state index in [1.54, 1.807) is 0 Å². The molecule has 0 bridgehead atoms. The first kappa shape index (κ1) is 43.8. The average molecular weight is 486 g/mol. The molecule has 0 aromatic rings. The van der Waals surface area contributed by atoms with Crippen LogP contribution in [0.4, 0.5) is 0 Å². The van der Waals surface area contributed by atoms with Crippen LogP contribution in [0.15, 0.2) is 0 Å². The van der Waals surface area contributed by atoms with E-state index < -0.39 is 36.6 Å². The Balaban J connectivity index is -0.0000000250. The van der Waals surface area contributed by atoms with Crippen molar-refractivity contribution >= 4 is 59.7 Å². The van der Waals surface area contributed by atoms with Gasteiger partial charge in [-0.1, -0.05) is 0 Å². The second kappa shape index (κ2) is 38.4. The first-order chi connectivity index (χ1) is 8.66. The monoisotopic (exact) mass is 487 g/mol. The Bertz CT molecular complexity index is 86.5. The van der Waals surface area contributed by atoms with Crippen molar-refractivity contribution in [3.63, 3.8) is 0 Å². The maximum atomic E-state index is 8.53. The minimum Gasteiger partial charge on any atom is -0.907 e. The van der Waals surface area contributed by atoms with E-state index in [2.05, 4.69) is 0 Å². The molecule has 22 heavy (non-hydrogen) atoms. The minimum atomic E-state index is -2.92. The van der Waals surface area contributed by atoms with Crippen molar-refractivity contribution in [1.82, 2.24) is 0 Å². The summed E-state index contributed by atoms with van der Waals surface area (Å²) in [5.41, 5.74) is 0. The molecular formula is H10B5GdMgO15. The Labute approximate surface area is 173 Å². The van der Waals surface area contributed by atoms with Crippen LogP contribution in [0.1, 0.15) is 0 Å². The van der Waals surface area contributed by atoms with E-state index in [9.17, 15) is 0 Å². The summed E-state index contributed by atoms with van der Waals surface area (Å²) in [5.74, 6) is 0. The smallest absolute Gasteiger partial charge is 0.907 e. The van der Waals surface area contributed by atoms with E-state index in [1.165, 1.54) is 0 Å². The molecule has 0 saturated carbocycles. The molecule has 0 aromatic carbocycles. The molecule has 0 amide bonds. The topological polar surface area (TPSA) is 318 Å². The van der Waals surface area contributed by atoms with Gasteiger partial charge in [0.15, 0.2) is 0 Å². The number of hydrogen-bond acceptors (Lipinski definition) is 15. The molecule has 0 heterocycles. The fourth-order valence-corrected chi connectivity index (χ4v) is 0. The maximum Gasteiger partial charge on any atom is 3.00 e. The van der Waals surface area contributed by atoms with Gasteiger partial charge in [0.05, 0.1) is 7.32 Å². The van der Waals surface area contributed by atoms with Crippen molar-refractivity contribution in [3.05, 3.63) is 0 Å². The standard InChI is InChI=1S/3BH3O3.BHO3.BO3.Gd.Mg/c5*2-1(3)4;;/h3*2-4H;2H;;;/q;;;-2;-3;+3;+2. The first-order valence-electron chi connectivity index (χ1n) is 3.76. The van der Waals surface area contributed by atoms with Gasteiger partial charge in [0, 0.05) is 0 Å². The van der Waals surface area contributed by atoms with Gasteiger partial charge in [-0.05, 0) is 0 Å². The molecule has 0 fully saturated rings. The van der Waals surface area contributed by atoms with Crippen molar-refractivity contribution in [3.8, 4) is 0 Å². The molecule has 10 N–H and O–H groups in total. The van der Waals surface area contributed by atoms with Gasteiger partial charge in [0.25, 0.3) is 0 Å². The average Bonchev–Trinajstić information content (AvgIpc) is 1.94. The summed E-state index contributed by atoms with van der Waals surface area (Å²) >= 11 is 0. The zero-order valence-corrected chi connectivity index (χ0v) is 14.1. The van der Waals surface area contributed by atoms with Gasteiger partial charge < -0.3 is 75.4 Å². The molecule has 22 heteroatoms. The van der Waals surface area contributed by atoms with E-state index in [0.717, 1.165) is 0 Å². The molecule has 15 nitrogen and oxygen atoms in total. The molecule has 1 radical (unpaired) electrons. The Morgan fingerprint density at radius 1 is 0.455 bits per heavy atom. The molecule has 0 unspecified atom stereocenters. The Morgan fingerprint density at radius 2 is 0.455 bits per heavy atom. The van der Waals surface area contributed by atoms with Gasteiger partial charge in [0.1, 0.15) is 0 Å². The third kappa shape index (κ3) is 2870. The van der Waals surface area contributed by atoms with Gasteiger partial charge in [-0.2, -0.15) is 0 Å². The fraction of sp³-hybridized carbons (Fsp3) is 0. The SMILES string of the molecule is OB(O)O.OB(O)O.OB(O)O.[Gd+3].[Mg+2].[O-]B([O-])O.[O-]B([O-])[O-]. The molecule has 0 rings (SSSR count). The second-order valence-corrected chi connectivity index (χ2v) is 1.63. The summed E-state index contributed by atoms with van der Waals surface area (Å²) in [7, 11) is -12.1. The zero-order valence-electron chi connectivity index (χ0n) is 10.5. The predicted molar refractivity (Wildman–Crippen MR) is 56.7 cm³/mol. The predicted octanol–water partition coefficient (Wildman–Crippen LogP) is -13.8. The third-order valence-corrected chi connectivity index (χ3v) is 0. The van der Waals surface area contributed by atoms with Crippen molar-refractivity contribution < 1.29 is 115 Å². The van der Waals surface area contributed by atoms with Gasteiger partial charge in [-0.3, -0.25) is 7.32 Å². The zero-order chi connectivity index (χ0) is 17.9. The van der Waals surface area contributed by atoms with Crippen LogP contribution in [0.2, 0.25) is 0 Å². The Hall–Kier alpha value is 1.82. The van der Waals surface area contributed by atoms with Crippen molar-refractivity contribution in [1.29, 1.82) is 0 Å². The van der Waals surface area contributed by atoms with E-state index in [0.29, 0.717) is 0 Å². The summed E-state index contributed by atoms with van der Waals surface area (Å²) in [6.45, 7) is 0. The van der Waals surface area contributed by atoms with Crippen molar-refractivity contribution in [2.45, 2.75) is 0 Å². The van der Waals surface area contributed by atoms with Gasteiger partial charge in [-0.15, -0.1) is 0 Å². The molecule has 0 aliphatic carbocycles. The molecule has 0 saturated heterocycles. The summed E-state index contributed by atoms with van der Waals surface area (Å²) < 4.78 is 0. The third-order valence-electron chi connectivity index (χ3n) is 0.